The third-order valence-electron chi connectivity index (χ3n) is 9.24. The summed E-state index contributed by atoms with van der Waals surface area (Å²) in [4.78, 5) is 29.5. The minimum atomic E-state index is -0.870. The summed E-state index contributed by atoms with van der Waals surface area (Å²) in [7, 11) is 0. The quantitative estimate of drug-likeness (QED) is 0.185. The molecule has 2 nitrogen and oxygen atoms in total. The van der Waals surface area contributed by atoms with Gasteiger partial charge in [0, 0.05) is 43.9 Å². The number of benzene rings is 4. The molecule has 2 atom stereocenters. The van der Waals surface area contributed by atoms with Crippen LogP contribution in [0, 0.1) is 69.0 Å². The van der Waals surface area contributed by atoms with Crippen molar-refractivity contribution in [3.8, 4) is 47.4 Å². The Morgan fingerprint density at radius 3 is 0.926 bits per heavy atom. The minimum absolute atomic E-state index is 0.142. The molecule has 0 aliphatic heterocycles. The fraction of sp³-hybridized carbons (Fsp3) is 0.346. The van der Waals surface area contributed by atoms with Gasteiger partial charge in [0.25, 0.3) is 0 Å². The average molecular weight is 707 g/mol. The Labute approximate surface area is 322 Å². The van der Waals surface area contributed by atoms with Crippen LogP contribution >= 0.6 is 0 Å². The number of ketones is 2. The second-order valence-electron chi connectivity index (χ2n) is 18.7. The number of hydrogen-bond acceptors (Lipinski definition) is 2. The van der Waals surface area contributed by atoms with Gasteiger partial charge in [-0.3, -0.25) is 9.59 Å². The van der Waals surface area contributed by atoms with Crippen LogP contribution in [0.1, 0.15) is 139 Å². The third-order valence-corrected chi connectivity index (χ3v) is 9.24. The van der Waals surface area contributed by atoms with Gasteiger partial charge in [-0.2, -0.15) is 0 Å². The predicted molar refractivity (Wildman–Crippen MR) is 227 cm³/mol. The van der Waals surface area contributed by atoms with E-state index < -0.39 is 11.8 Å². The minimum Gasteiger partial charge on any atom is -0.294 e. The molecule has 0 fully saturated rings. The lowest BCUT2D eigenvalue weighted by molar-refractivity contribution is -0.122. The summed E-state index contributed by atoms with van der Waals surface area (Å²) in [6.07, 6.45) is 7.05. The largest absolute Gasteiger partial charge is 0.294 e. The zero-order valence-corrected chi connectivity index (χ0v) is 33.9. The smallest absolute Gasteiger partial charge is 0.164 e. The van der Waals surface area contributed by atoms with Crippen molar-refractivity contribution in [1.29, 1.82) is 0 Å². The number of fused-ring (bicyclic) bond motifs is 4. The second kappa shape index (κ2) is 13.7. The molecule has 0 heterocycles. The summed E-state index contributed by atoms with van der Waals surface area (Å²) in [6.45, 7) is 25.0. The van der Waals surface area contributed by atoms with Gasteiger partial charge in [0.15, 0.2) is 11.6 Å². The van der Waals surface area contributed by atoms with Crippen LogP contribution in [-0.4, -0.2) is 11.6 Å². The highest BCUT2D eigenvalue weighted by molar-refractivity contribution is 6.15. The Morgan fingerprint density at radius 1 is 0.389 bits per heavy atom. The van der Waals surface area contributed by atoms with E-state index >= 15 is 0 Å². The van der Waals surface area contributed by atoms with E-state index in [1.165, 1.54) is 0 Å². The lowest BCUT2D eigenvalue weighted by atomic mass is 9.66. The van der Waals surface area contributed by atoms with Gasteiger partial charge in [0.05, 0.1) is 11.8 Å². The molecular weight excluding hydrogens is 657 g/mol. The summed E-state index contributed by atoms with van der Waals surface area (Å²) < 4.78 is 0. The molecule has 0 N–H and O–H groups in total. The van der Waals surface area contributed by atoms with Crippen LogP contribution in [0.4, 0.5) is 0 Å². The first-order valence-corrected chi connectivity index (χ1v) is 18.9. The molecule has 0 saturated heterocycles. The van der Waals surface area contributed by atoms with Crippen LogP contribution in [0.3, 0.4) is 0 Å². The van der Waals surface area contributed by atoms with E-state index in [-0.39, 0.29) is 33.2 Å². The van der Waals surface area contributed by atoms with Gasteiger partial charge in [0.2, 0.25) is 0 Å². The van der Waals surface area contributed by atoms with Crippen molar-refractivity contribution in [3.63, 3.8) is 0 Å². The monoisotopic (exact) mass is 706 g/mol. The van der Waals surface area contributed by atoms with Crippen LogP contribution in [0.15, 0.2) is 60.7 Å². The highest BCUT2D eigenvalue weighted by atomic mass is 16.1. The first-order chi connectivity index (χ1) is 25.1. The molecule has 54 heavy (non-hydrogen) atoms. The summed E-state index contributed by atoms with van der Waals surface area (Å²) >= 11 is 0. The molecule has 2 heteroatoms. The molecule has 4 aromatic rings. The number of rotatable bonds is 1. The van der Waals surface area contributed by atoms with Crippen molar-refractivity contribution < 1.29 is 9.59 Å². The number of allylic oxidation sites excluding steroid dienone is 2. The Kier molecular flexibility index (Phi) is 9.69. The van der Waals surface area contributed by atoms with Gasteiger partial charge in [0.1, 0.15) is 0 Å². The maximum absolute atomic E-state index is 14.8. The topological polar surface area (TPSA) is 34.1 Å². The van der Waals surface area contributed by atoms with Crippen molar-refractivity contribution in [2.75, 3.05) is 0 Å². The number of hydrogen-bond donors (Lipinski definition) is 0. The van der Waals surface area contributed by atoms with Crippen LogP contribution in [0.2, 0.25) is 0 Å². The molecule has 6 rings (SSSR count). The molecule has 0 aromatic heterocycles. The Hall–Kier alpha value is -5.54. The highest BCUT2D eigenvalue weighted by Crippen LogP contribution is 2.49. The van der Waals surface area contributed by atoms with Gasteiger partial charge in [-0.1, -0.05) is 95.9 Å². The summed E-state index contributed by atoms with van der Waals surface area (Å²) in [5.41, 5.74) is 5.24. The number of carbonyl (C=O) groups excluding carboxylic acids is 2. The Balaban J connectivity index is 1.82. The van der Waals surface area contributed by atoms with E-state index in [4.69, 9.17) is 0 Å². The van der Waals surface area contributed by atoms with Crippen molar-refractivity contribution in [2.45, 2.75) is 94.9 Å². The van der Waals surface area contributed by atoms with Crippen LogP contribution in [0.25, 0.3) is 33.7 Å². The van der Waals surface area contributed by atoms with E-state index in [0.717, 1.165) is 66.1 Å². The fourth-order valence-electron chi connectivity index (χ4n) is 6.97. The maximum Gasteiger partial charge on any atom is 0.164 e. The molecule has 0 amide bonds. The molecule has 270 valence electrons. The zero-order chi connectivity index (χ0) is 39.4. The van der Waals surface area contributed by atoms with E-state index in [1.54, 1.807) is 12.2 Å². The van der Waals surface area contributed by atoms with Gasteiger partial charge in [-0.25, -0.2) is 0 Å². The molecule has 2 aliphatic rings. The molecule has 0 bridgehead atoms. The summed E-state index contributed by atoms with van der Waals surface area (Å²) in [5.74, 6) is 26.0. The van der Waals surface area contributed by atoms with E-state index in [9.17, 15) is 9.59 Å². The lowest BCUT2D eigenvalue weighted by Gasteiger charge is -2.34. The van der Waals surface area contributed by atoms with Crippen molar-refractivity contribution in [2.24, 2.45) is 21.7 Å². The molecular formula is C52H50O2. The normalized spacial score (nSPS) is 16.6. The molecule has 0 radical (unpaired) electrons. The fourth-order valence-corrected chi connectivity index (χ4v) is 6.97. The van der Waals surface area contributed by atoms with Crippen molar-refractivity contribution in [1.82, 2.24) is 0 Å². The van der Waals surface area contributed by atoms with Crippen molar-refractivity contribution in [3.05, 3.63) is 105 Å². The van der Waals surface area contributed by atoms with Gasteiger partial charge in [-0.15, -0.1) is 0 Å². The number of carbonyl (C=O) groups is 2. The summed E-state index contributed by atoms with van der Waals surface area (Å²) in [5, 5.41) is 3.78. The van der Waals surface area contributed by atoms with Gasteiger partial charge >= 0.3 is 0 Å². The average Bonchev–Trinajstić information content (AvgIpc) is 3.06. The first-order valence-electron chi connectivity index (χ1n) is 18.9. The SMILES string of the molecule is CC(C)(C)C#Cc1c2c(c(C#CC(C)(C)C)c3ccccc13)C(C1C(=O)C=Cc3c1c(C#CC(C)(C)C)c1ccccc1c3C#CC(C)(C)C)C(=O)C=C2. The molecule has 0 saturated carbocycles. The van der Waals surface area contributed by atoms with E-state index in [2.05, 4.69) is 155 Å². The second-order valence-corrected chi connectivity index (χ2v) is 18.7. The highest BCUT2D eigenvalue weighted by Gasteiger charge is 2.43. The molecule has 2 unspecified atom stereocenters. The van der Waals surface area contributed by atoms with Crippen molar-refractivity contribution >= 4 is 45.3 Å². The van der Waals surface area contributed by atoms with Crippen LogP contribution < -0.4 is 0 Å². The Morgan fingerprint density at radius 2 is 0.648 bits per heavy atom. The van der Waals surface area contributed by atoms with Crippen LogP contribution in [-0.2, 0) is 9.59 Å². The molecule has 4 aromatic carbocycles. The van der Waals surface area contributed by atoms with E-state index in [0.29, 0.717) is 0 Å². The third kappa shape index (κ3) is 7.87. The first kappa shape index (κ1) is 38.2. The predicted octanol–water partition coefficient (Wildman–Crippen LogP) is 11.6. The lowest BCUT2D eigenvalue weighted by Crippen LogP contribution is -2.31. The maximum atomic E-state index is 14.8. The molecule has 2 aliphatic carbocycles. The standard InChI is InChI=1S/C52H50O2/c1-49(2,3)29-25-37-33-17-13-15-19-35(33)41(27-31-51(7,8)9)45-39(37)21-23-43(53)47(45)48-44(54)24-22-40-38(26-30-50(4,5)6)34-18-14-16-20-36(34)42(46(40)48)28-32-52(10,11)12/h13-24,47-48H,1-12H3. The van der Waals surface area contributed by atoms with Gasteiger partial charge in [-0.05, 0) is 151 Å². The Bertz CT molecular complexity index is 2400. The van der Waals surface area contributed by atoms with Gasteiger partial charge < -0.3 is 0 Å². The van der Waals surface area contributed by atoms with E-state index in [1.807, 2.05) is 36.4 Å². The van der Waals surface area contributed by atoms with Crippen LogP contribution in [0.5, 0.6) is 0 Å². The zero-order valence-electron chi connectivity index (χ0n) is 33.9. The summed E-state index contributed by atoms with van der Waals surface area (Å²) in [6, 6.07) is 16.3. The molecule has 0 spiro atoms.